The second-order valence-electron chi connectivity index (χ2n) is 1.79. The van der Waals surface area contributed by atoms with Gasteiger partial charge in [0.05, 0.1) is 0 Å². The highest BCUT2D eigenvalue weighted by atomic mass is 32.1. The Bertz CT molecular complexity index is 246. The van der Waals surface area contributed by atoms with E-state index in [1.807, 2.05) is 0 Å². The van der Waals surface area contributed by atoms with E-state index in [4.69, 9.17) is 0 Å². The number of thiophene rings is 1. The van der Waals surface area contributed by atoms with E-state index in [-0.39, 0.29) is 0 Å². The van der Waals surface area contributed by atoms with Gasteiger partial charge in [0.2, 0.25) is 0 Å². The molecular weight excluding hydrogens is 154 g/mol. The van der Waals surface area contributed by atoms with E-state index in [2.05, 4.69) is 6.92 Å². The van der Waals surface area contributed by atoms with Crippen molar-refractivity contribution in [1.29, 1.82) is 0 Å². The van der Waals surface area contributed by atoms with E-state index in [1.54, 1.807) is 10.8 Å². The second kappa shape index (κ2) is 2.92. The van der Waals surface area contributed by atoms with Crippen LogP contribution in [0.25, 0.3) is 6.08 Å². The molecule has 0 amide bonds. The minimum Gasteiger partial charge on any atom is -0.173 e. The molecule has 1 aromatic rings. The number of rotatable bonds is 1. The molecule has 1 radical (unpaired) electrons. The molecule has 0 spiro atoms. The third-order valence-corrected chi connectivity index (χ3v) is 1.85. The minimum atomic E-state index is -1.68. The monoisotopic (exact) mass is 159 g/mol. The Balaban J connectivity index is 2.95. The van der Waals surface area contributed by atoms with Crippen LogP contribution in [0.4, 0.5) is 8.78 Å². The highest BCUT2D eigenvalue weighted by Gasteiger charge is 1.96. The van der Waals surface area contributed by atoms with Crippen molar-refractivity contribution in [3.8, 4) is 0 Å². The van der Waals surface area contributed by atoms with E-state index >= 15 is 0 Å². The van der Waals surface area contributed by atoms with Crippen molar-refractivity contribution in [1.82, 2.24) is 0 Å². The Morgan fingerprint density at radius 3 is 2.60 bits per heavy atom. The SMILES string of the molecule is [CH2]c1cscc1C=C(F)F. The quantitative estimate of drug-likeness (QED) is 0.590. The van der Waals surface area contributed by atoms with Crippen LogP contribution >= 0.6 is 11.3 Å². The van der Waals surface area contributed by atoms with E-state index in [1.165, 1.54) is 11.3 Å². The van der Waals surface area contributed by atoms with Gasteiger partial charge in [-0.1, -0.05) is 0 Å². The molecule has 0 nitrogen and oxygen atoms in total. The average Bonchev–Trinajstić information content (AvgIpc) is 2.15. The Hall–Kier alpha value is -0.700. The number of halogens is 2. The predicted octanol–water partition coefficient (Wildman–Crippen LogP) is 3.17. The predicted molar refractivity (Wildman–Crippen MR) is 39.0 cm³/mol. The molecule has 0 saturated heterocycles. The van der Waals surface area contributed by atoms with E-state index in [0.717, 1.165) is 6.08 Å². The first-order chi connectivity index (χ1) is 4.70. The van der Waals surface area contributed by atoms with Crippen LogP contribution in [0.15, 0.2) is 16.8 Å². The van der Waals surface area contributed by atoms with Crippen molar-refractivity contribution in [3.63, 3.8) is 0 Å². The van der Waals surface area contributed by atoms with Gasteiger partial charge in [-0.3, -0.25) is 0 Å². The Morgan fingerprint density at radius 2 is 2.20 bits per heavy atom. The maximum Gasteiger partial charge on any atom is 0.270 e. The Kier molecular flexibility index (Phi) is 2.17. The van der Waals surface area contributed by atoms with Crippen LogP contribution in [0, 0.1) is 6.92 Å². The number of hydrogen-bond acceptors (Lipinski definition) is 1. The van der Waals surface area contributed by atoms with Gasteiger partial charge < -0.3 is 0 Å². The summed E-state index contributed by atoms with van der Waals surface area (Å²) in [5, 5.41) is 3.37. The fraction of sp³-hybridized carbons (Fsp3) is 0. The minimum absolute atomic E-state index is 0.505. The summed E-state index contributed by atoms with van der Waals surface area (Å²) in [6, 6.07) is 0. The van der Waals surface area contributed by atoms with Gasteiger partial charge in [0.15, 0.2) is 0 Å². The van der Waals surface area contributed by atoms with E-state index in [9.17, 15) is 8.78 Å². The molecule has 10 heavy (non-hydrogen) atoms. The van der Waals surface area contributed by atoms with Crippen LogP contribution < -0.4 is 0 Å². The smallest absolute Gasteiger partial charge is 0.173 e. The summed E-state index contributed by atoms with van der Waals surface area (Å²) < 4.78 is 23.2. The van der Waals surface area contributed by atoms with Gasteiger partial charge >= 0.3 is 0 Å². The lowest BCUT2D eigenvalue weighted by Gasteiger charge is -1.85. The lowest BCUT2D eigenvalue weighted by molar-refractivity contribution is 0.429. The standard InChI is InChI=1S/C7H5F2S/c1-5-3-10-4-6(5)2-7(8)9/h2-4H,1H2. The normalized spacial score (nSPS) is 9.50. The van der Waals surface area contributed by atoms with Gasteiger partial charge in [-0.15, -0.1) is 0 Å². The van der Waals surface area contributed by atoms with Crippen molar-refractivity contribution >= 4 is 17.4 Å². The molecule has 0 N–H and O–H groups in total. The molecule has 53 valence electrons. The summed E-state index contributed by atoms with van der Waals surface area (Å²) in [6.07, 6.45) is -0.859. The first-order valence-corrected chi connectivity index (χ1v) is 3.55. The fourth-order valence-electron chi connectivity index (χ4n) is 0.577. The molecule has 0 unspecified atom stereocenters. The van der Waals surface area contributed by atoms with Crippen molar-refractivity contribution in [3.05, 3.63) is 34.9 Å². The van der Waals surface area contributed by atoms with Crippen molar-refractivity contribution < 1.29 is 8.78 Å². The molecule has 3 heteroatoms. The Labute approximate surface area is 61.8 Å². The van der Waals surface area contributed by atoms with Gasteiger partial charge in [0.1, 0.15) is 0 Å². The highest BCUT2D eigenvalue weighted by Crippen LogP contribution is 2.17. The van der Waals surface area contributed by atoms with Gasteiger partial charge in [0.25, 0.3) is 6.08 Å². The van der Waals surface area contributed by atoms with Crippen LogP contribution in [0.1, 0.15) is 11.1 Å². The van der Waals surface area contributed by atoms with Crippen LogP contribution in [-0.4, -0.2) is 0 Å². The third kappa shape index (κ3) is 1.64. The molecular formula is C7H5F2S. The number of hydrogen-bond donors (Lipinski definition) is 0. The van der Waals surface area contributed by atoms with Crippen molar-refractivity contribution in [2.45, 2.75) is 0 Å². The lowest BCUT2D eigenvalue weighted by atomic mass is 10.2. The van der Waals surface area contributed by atoms with Crippen molar-refractivity contribution in [2.24, 2.45) is 0 Å². The zero-order chi connectivity index (χ0) is 7.56. The van der Waals surface area contributed by atoms with Gasteiger partial charge in [-0.2, -0.15) is 20.1 Å². The van der Waals surface area contributed by atoms with Crippen LogP contribution in [0.3, 0.4) is 0 Å². The largest absolute Gasteiger partial charge is 0.270 e. The zero-order valence-corrected chi connectivity index (χ0v) is 5.92. The maximum atomic E-state index is 11.6. The zero-order valence-electron chi connectivity index (χ0n) is 5.10. The molecule has 0 saturated carbocycles. The molecule has 1 aromatic heterocycles. The molecule has 0 aliphatic heterocycles. The van der Waals surface area contributed by atoms with Crippen LogP contribution in [0.2, 0.25) is 0 Å². The molecule has 0 aliphatic rings. The topological polar surface area (TPSA) is 0 Å². The molecule has 1 heterocycles. The summed E-state index contributed by atoms with van der Waals surface area (Å²) in [4.78, 5) is 0. The van der Waals surface area contributed by atoms with E-state index < -0.39 is 6.08 Å². The summed E-state index contributed by atoms with van der Waals surface area (Å²) >= 11 is 1.37. The molecule has 0 aliphatic carbocycles. The van der Waals surface area contributed by atoms with E-state index in [0.29, 0.717) is 11.1 Å². The van der Waals surface area contributed by atoms with Crippen LogP contribution in [-0.2, 0) is 0 Å². The molecule has 0 fully saturated rings. The highest BCUT2D eigenvalue weighted by molar-refractivity contribution is 7.08. The lowest BCUT2D eigenvalue weighted by Crippen LogP contribution is -1.69. The molecule has 1 rings (SSSR count). The first kappa shape index (κ1) is 7.41. The Morgan fingerprint density at radius 1 is 1.50 bits per heavy atom. The first-order valence-electron chi connectivity index (χ1n) is 2.61. The fourth-order valence-corrected chi connectivity index (χ4v) is 1.31. The summed E-state index contributed by atoms with van der Waals surface area (Å²) in [6.45, 7) is 3.57. The maximum absolute atomic E-state index is 11.6. The van der Waals surface area contributed by atoms with Crippen molar-refractivity contribution in [2.75, 3.05) is 0 Å². The molecule has 0 atom stereocenters. The second-order valence-corrected chi connectivity index (χ2v) is 2.53. The molecule has 0 aromatic carbocycles. The summed E-state index contributed by atoms with van der Waals surface area (Å²) in [5.74, 6) is 0. The third-order valence-electron chi connectivity index (χ3n) is 1.04. The van der Waals surface area contributed by atoms with Gasteiger partial charge in [-0.25, -0.2) is 0 Å². The van der Waals surface area contributed by atoms with Gasteiger partial charge in [-0.05, 0) is 28.8 Å². The summed E-state index contributed by atoms with van der Waals surface area (Å²) in [7, 11) is 0. The average molecular weight is 159 g/mol. The molecule has 0 bridgehead atoms. The van der Waals surface area contributed by atoms with Crippen LogP contribution in [0.5, 0.6) is 0 Å². The van der Waals surface area contributed by atoms with Gasteiger partial charge in [0, 0.05) is 6.08 Å². The summed E-state index contributed by atoms with van der Waals surface area (Å²) in [5.41, 5.74) is 1.16.